The summed E-state index contributed by atoms with van der Waals surface area (Å²) in [4.78, 5) is 14.8. The van der Waals surface area contributed by atoms with Crippen molar-refractivity contribution in [2.75, 3.05) is 25.0 Å². The molecule has 1 aromatic rings. The third-order valence-electron chi connectivity index (χ3n) is 5.40. The van der Waals surface area contributed by atoms with E-state index in [0.717, 1.165) is 50.1 Å². The van der Waals surface area contributed by atoms with E-state index >= 15 is 0 Å². The van der Waals surface area contributed by atoms with Crippen LogP contribution in [0.15, 0.2) is 24.3 Å². The van der Waals surface area contributed by atoms with E-state index in [-0.39, 0.29) is 12.2 Å². The minimum atomic E-state index is -0.350. The summed E-state index contributed by atoms with van der Waals surface area (Å²) < 4.78 is 11.3. The number of likely N-dealkylation sites (tertiary alicyclic amines) is 1. The molecule has 1 saturated carbocycles. The molecule has 3 rings (SSSR count). The first-order chi connectivity index (χ1) is 12.7. The van der Waals surface area contributed by atoms with Gasteiger partial charge in [0.15, 0.2) is 0 Å². The first-order valence-electron chi connectivity index (χ1n) is 10.2. The number of amides is 1. The van der Waals surface area contributed by atoms with Crippen LogP contribution in [-0.2, 0) is 4.74 Å². The molecular formula is C21H32N2O3. The van der Waals surface area contributed by atoms with Crippen LogP contribution < -0.4 is 10.1 Å². The highest BCUT2D eigenvalue weighted by Crippen LogP contribution is 2.28. The number of rotatable bonds is 7. The quantitative estimate of drug-likeness (QED) is 0.708. The van der Waals surface area contributed by atoms with Gasteiger partial charge in [-0.1, -0.05) is 13.3 Å². The van der Waals surface area contributed by atoms with E-state index in [4.69, 9.17) is 9.47 Å². The number of ether oxygens (including phenoxy) is 2. The standard InChI is InChI=1S/C21H32N2O3/c1-2-3-15-25-19-11-9-17(10-12-19)22-21(24)26-20-8-6-7-18(16-20)23-13-4-5-14-23/h9-12,18,20H,2-8,13-16H2,1H3,(H,22,24). The Balaban J connectivity index is 1.43. The van der Waals surface area contributed by atoms with E-state index in [2.05, 4.69) is 17.1 Å². The first kappa shape index (κ1) is 19.0. The topological polar surface area (TPSA) is 50.8 Å². The van der Waals surface area contributed by atoms with E-state index in [1.165, 1.54) is 32.4 Å². The highest BCUT2D eigenvalue weighted by Gasteiger charge is 2.30. The lowest BCUT2D eigenvalue weighted by Crippen LogP contribution is -2.40. The van der Waals surface area contributed by atoms with Crippen LogP contribution in [0.4, 0.5) is 10.5 Å². The number of carbonyl (C=O) groups is 1. The third-order valence-corrected chi connectivity index (χ3v) is 5.40. The Labute approximate surface area is 157 Å². The number of benzene rings is 1. The Kier molecular flexibility index (Phi) is 7.18. The summed E-state index contributed by atoms with van der Waals surface area (Å²) >= 11 is 0. The van der Waals surface area contributed by atoms with E-state index in [1.807, 2.05) is 24.3 Å². The highest BCUT2D eigenvalue weighted by molar-refractivity contribution is 5.84. The normalized spacial score (nSPS) is 23.6. The number of anilines is 1. The van der Waals surface area contributed by atoms with Gasteiger partial charge in [-0.25, -0.2) is 4.79 Å². The lowest BCUT2D eigenvalue weighted by molar-refractivity contribution is 0.0520. The molecule has 1 aliphatic heterocycles. The summed E-state index contributed by atoms with van der Waals surface area (Å²) in [6, 6.07) is 8.07. The van der Waals surface area contributed by atoms with E-state index in [1.54, 1.807) is 0 Å². The molecule has 1 aliphatic carbocycles. The molecule has 1 amide bonds. The lowest BCUT2D eigenvalue weighted by atomic mass is 9.92. The third kappa shape index (κ3) is 5.63. The van der Waals surface area contributed by atoms with Crippen molar-refractivity contribution in [1.29, 1.82) is 0 Å². The number of nitrogens with one attached hydrogen (secondary N) is 1. The van der Waals surface area contributed by atoms with Crippen molar-refractivity contribution in [3.63, 3.8) is 0 Å². The van der Waals surface area contributed by atoms with Crippen molar-refractivity contribution < 1.29 is 14.3 Å². The smallest absolute Gasteiger partial charge is 0.411 e. The molecule has 0 bridgehead atoms. The van der Waals surface area contributed by atoms with Crippen molar-refractivity contribution in [1.82, 2.24) is 4.90 Å². The zero-order valence-electron chi connectivity index (χ0n) is 15.9. The monoisotopic (exact) mass is 360 g/mol. The zero-order valence-corrected chi connectivity index (χ0v) is 15.9. The first-order valence-corrected chi connectivity index (χ1v) is 10.2. The maximum absolute atomic E-state index is 12.2. The van der Waals surface area contributed by atoms with Gasteiger partial charge in [-0.15, -0.1) is 0 Å². The fourth-order valence-electron chi connectivity index (χ4n) is 3.93. The van der Waals surface area contributed by atoms with Crippen LogP contribution in [-0.4, -0.2) is 42.8 Å². The van der Waals surface area contributed by atoms with Crippen LogP contribution in [0.3, 0.4) is 0 Å². The fraction of sp³-hybridized carbons (Fsp3) is 0.667. The van der Waals surface area contributed by atoms with Gasteiger partial charge in [0.25, 0.3) is 0 Å². The molecule has 2 atom stereocenters. The second-order valence-electron chi connectivity index (χ2n) is 7.44. The molecular weight excluding hydrogens is 328 g/mol. The summed E-state index contributed by atoms with van der Waals surface area (Å²) in [5.41, 5.74) is 0.741. The van der Waals surface area contributed by atoms with Gasteiger partial charge in [-0.3, -0.25) is 5.32 Å². The number of hydrogen-bond acceptors (Lipinski definition) is 4. The minimum absolute atomic E-state index is 0.0333. The molecule has 1 N–H and O–H groups in total. The predicted molar refractivity (Wildman–Crippen MR) is 104 cm³/mol. The molecule has 2 fully saturated rings. The van der Waals surface area contributed by atoms with Gasteiger partial charge >= 0.3 is 6.09 Å². The number of carbonyl (C=O) groups excluding carboxylic acids is 1. The summed E-state index contributed by atoms with van der Waals surface area (Å²) in [6.45, 7) is 5.28. The van der Waals surface area contributed by atoms with Crippen molar-refractivity contribution in [2.24, 2.45) is 0 Å². The highest BCUT2D eigenvalue weighted by atomic mass is 16.6. The molecule has 26 heavy (non-hydrogen) atoms. The van der Waals surface area contributed by atoms with Crippen molar-refractivity contribution in [3.05, 3.63) is 24.3 Å². The molecule has 2 aliphatic rings. The lowest BCUT2D eigenvalue weighted by Gasteiger charge is -2.34. The predicted octanol–water partition coefficient (Wildman–Crippen LogP) is 4.82. The van der Waals surface area contributed by atoms with E-state index in [0.29, 0.717) is 6.04 Å². The summed E-state index contributed by atoms with van der Waals surface area (Å²) in [5, 5.41) is 2.84. The van der Waals surface area contributed by atoms with Gasteiger partial charge in [0.05, 0.1) is 6.61 Å². The van der Waals surface area contributed by atoms with Gasteiger partial charge in [0.2, 0.25) is 0 Å². The van der Waals surface area contributed by atoms with Crippen LogP contribution in [0.2, 0.25) is 0 Å². The van der Waals surface area contributed by atoms with Gasteiger partial charge < -0.3 is 14.4 Å². The van der Waals surface area contributed by atoms with Gasteiger partial charge in [-0.2, -0.15) is 0 Å². The maximum Gasteiger partial charge on any atom is 0.411 e. The SMILES string of the molecule is CCCCOc1ccc(NC(=O)OC2CCCC(N3CCCC3)C2)cc1. The Hall–Kier alpha value is -1.75. The van der Waals surface area contributed by atoms with Crippen molar-refractivity contribution in [2.45, 2.75) is 70.4 Å². The molecule has 1 heterocycles. The van der Waals surface area contributed by atoms with Gasteiger partial charge in [0, 0.05) is 18.2 Å². The van der Waals surface area contributed by atoms with Gasteiger partial charge in [-0.05, 0) is 75.9 Å². The molecule has 0 aromatic heterocycles. The Bertz CT molecular complexity index is 555. The molecule has 2 unspecified atom stereocenters. The maximum atomic E-state index is 12.2. The fourth-order valence-corrected chi connectivity index (χ4v) is 3.93. The van der Waals surface area contributed by atoms with E-state index in [9.17, 15) is 4.79 Å². The van der Waals surface area contributed by atoms with Crippen molar-refractivity contribution >= 4 is 11.8 Å². The average Bonchev–Trinajstić information content (AvgIpc) is 3.18. The molecule has 0 radical (unpaired) electrons. The molecule has 0 spiro atoms. The van der Waals surface area contributed by atoms with Crippen LogP contribution in [0.25, 0.3) is 0 Å². The van der Waals surface area contributed by atoms with Crippen LogP contribution in [0, 0.1) is 0 Å². The van der Waals surface area contributed by atoms with Gasteiger partial charge in [0.1, 0.15) is 11.9 Å². The molecule has 144 valence electrons. The molecule has 1 saturated heterocycles. The summed E-state index contributed by atoms with van der Waals surface area (Å²) in [6.07, 6.45) is 8.78. The average molecular weight is 360 g/mol. The number of hydrogen-bond donors (Lipinski definition) is 1. The van der Waals surface area contributed by atoms with Crippen molar-refractivity contribution in [3.8, 4) is 5.75 Å². The van der Waals surface area contributed by atoms with Crippen LogP contribution >= 0.6 is 0 Å². The molecule has 5 nitrogen and oxygen atoms in total. The summed E-state index contributed by atoms with van der Waals surface area (Å²) in [5.74, 6) is 0.832. The second-order valence-corrected chi connectivity index (χ2v) is 7.44. The Morgan fingerprint density at radius 1 is 1.15 bits per heavy atom. The molecule has 5 heteroatoms. The number of nitrogens with zero attached hydrogens (tertiary/aromatic N) is 1. The zero-order chi connectivity index (χ0) is 18.2. The number of unbranched alkanes of at least 4 members (excludes halogenated alkanes) is 1. The van der Waals surface area contributed by atoms with Crippen LogP contribution in [0.5, 0.6) is 5.75 Å². The van der Waals surface area contributed by atoms with Crippen LogP contribution in [0.1, 0.15) is 58.3 Å². The van der Waals surface area contributed by atoms with E-state index < -0.39 is 0 Å². The molecule has 1 aromatic carbocycles. The Morgan fingerprint density at radius 2 is 1.92 bits per heavy atom. The summed E-state index contributed by atoms with van der Waals surface area (Å²) in [7, 11) is 0. The largest absolute Gasteiger partial charge is 0.494 e. The second kappa shape index (κ2) is 9.81. The minimum Gasteiger partial charge on any atom is -0.494 e. The Morgan fingerprint density at radius 3 is 2.65 bits per heavy atom.